The van der Waals surface area contributed by atoms with Crippen molar-refractivity contribution in [2.75, 3.05) is 19.5 Å². The molecule has 2 aromatic rings. The fourth-order valence-electron chi connectivity index (χ4n) is 2.21. The minimum absolute atomic E-state index is 0.0458. The maximum atomic E-state index is 12.2. The van der Waals surface area contributed by atoms with Crippen LogP contribution in [0.15, 0.2) is 42.5 Å². The van der Waals surface area contributed by atoms with E-state index in [0.29, 0.717) is 22.7 Å². The number of nitrogens with one attached hydrogen (secondary N) is 1. The van der Waals surface area contributed by atoms with Gasteiger partial charge in [-0.2, -0.15) is 0 Å². The summed E-state index contributed by atoms with van der Waals surface area (Å²) in [6.07, 6.45) is 0.144. The Morgan fingerprint density at radius 1 is 1.04 bits per heavy atom. The topological polar surface area (TPSA) is 64.6 Å². The zero-order chi connectivity index (χ0) is 16.8. The molecule has 0 bridgehead atoms. The average Bonchev–Trinajstić information content (AvgIpc) is 2.54. The highest BCUT2D eigenvalue weighted by Crippen LogP contribution is 2.24. The van der Waals surface area contributed by atoms with Crippen molar-refractivity contribution in [3.8, 4) is 11.5 Å². The Morgan fingerprint density at radius 3 is 2.48 bits per heavy atom. The molecular weight excluding hydrogens is 294 g/mol. The van der Waals surface area contributed by atoms with E-state index in [1.54, 1.807) is 56.7 Å². The summed E-state index contributed by atoms with van der Waals surface area (Å²) in [5, 5.41) is 2.79. The second kappa shape index (κ2) is 7.45. The summed E-state index contributed by atoms with van der Waals surface area (Å²) in [6, 6.07) is 12.1. The number of ether oxygens (including phenoxy) is 2. The highest BCUT2D eigenvalue weighted by molar-refractivity contribution is 5.97. The molecule has 0 unspecified atom stereocenters. The highest BCUT2D eigenvalue weighted by Gasteiger charge is 2.11. The molecule has 5 heteroatoms. The zero-order valence-electron chi connectivity index (χ0n) is 13.4. The Labute approximate surface area is 135 Å². The number of methoxy groups -OCH3 is 2. The Kier molecular flexibility index (Phi) is 5.36. The summed E-state index contributed by atoms with van der Waals surface area (Å²) in [5.41, 5.74) is 1.87. The lowest BCUT2D eigenvalue weighted by Crippen LogP contribution is -2.15. The molecular formula is C18H19NO4. The van der Waals surface area contributed by atoms with E-state index >= 15 is 0 Å². The van der Waals surface area contributed by atoms with Crippen molar-refractivity contribution in [3.05, 3.63) is 53.6 Å². The van der Waals surface area contributed by atoms with Gasteiger partial charge in [0.1, 0.15) is 11.5 Å². The van der Waals surface area contributed by atoms with E-state index < -0.39 is 0 Å². The maximum Gasteiger partial charge on any atom is 0.228 e. The van der Waals surface area contributed by atoms with E-state index in [4.69, 9.17) is 9.47 Å². The Morgan fingerprint density at radius 2 is 1.83 bits per heavy atom. The van der Waals surface area contributed by atoms with Crippen LogP contribution in [0.25, 0.3) is 0 Å². The first kappa shape index (κ1) is 16.5. The molecule has 0 heterocycles. The quantitative estimate of drug-likeness (QED) is 0.832. The van der Waals surface area contributed by atoms with Gasteiger partial charge in [-0.3, -0.25) is 9.59 Å². The molecule has 0 saturated carbocycles. The van der Waals surface area contributed by atoms with E-state index in [2.05, 4.69) is 5.32 Å². The Balaban J connectivity index is 2.13. The summed E-state index contributed by atoms with van der Waals surface area (Å²) in [5.74, 6) is 1.04. The first-order valence-corrected chi connectivity index (χ1v) is 7.15. The van der Waals surface area contributed by atoms with Crippen LogP contribution in [-0.2, 0) is 11.2 Å². The predicted octanol–water partition coefficient (Wildman–Crippen LogP) is 3.09. The lowest BCUT2D eigenvalue weighted by molar-refractivity contribution is -0.115. The maximum absolute atomic E-state index is 12.2. The Bertz CT molecular complexity index is 725. The van der Waals surface area contributed by atoms with Crippen LogP contribution in [0.5, 0.6) is 11.5 Å². The van der Waals surface area contributed by atoms with Gasteiger partial charge in [0.15, 0.2) is 5.78 Å². The molecule has 0 spiro atoms. The summed E-state index contributed by atoms with van der Waals surface area (Å²) in [4.78, 5) is 23.6. The van der Waals surface area contributed by atoms with Crippen molar-refractivity contribution in [2.45, 2.75) is 13.3 Å². The van der Waals surface area contributed by atoms with Gasteiger partial charge in [-0.25, -0.2) is 0 Å². The number of benzene rings is 2. The minimum Gasteiger partial charge on any atom is -0.497 e. The van der Waals surface area contributed by atoms with Crippen molar-refractivity contribution in [3.63, 3.8) is 0 Å². The number of rotatable bonds is 6. The van der Waals surface area contributed by atoms with E-state index in [-0.39, 0.29) is 18.1 Å². The van der Waals surface area contributed by atoms with Crippen LogP contribution >= 0.6 is 0 Å². The van der Waals surface area contributed by atoms with Crippen LogP contribution in [-0.4, -0.2) is 25.9 Å². The van der Waals surface area contributed by atoms with Gasteiger partial charge in [0, 0.05) is 16.8 Å². The molecule has 0 aromatic heterocycles. The molecule has 2 aromatic carbocycles. The van der Waals surface area contributed by atoms with Crippen molar-refractivity contribution < 1.29 is 19.1 Å². The van der Waals surface area contributed by atoms with Gasteiger partial charge in [-0.1, -0.05) is 12.1 Å². The van der Waals surface area contributed by atoms with E-state index in [0.717, 1.165) is 5.56 Å². The highest BCUT2D eigenvalue weighted by atomic mass is 16.5. The van der Waals surface area contributed by atoms with Crippen molar-refractivity contribution >= 4 is 17.4 Å². The molecule has 0 aliphatic heterocycles. The molecule has 1 amide bonds. The standard InChI is InChI=1S/C18H19NO4/c1-12(20)13-5-4-6-15(9-13)19-18(21)11-14-10-16(22-2)7-8-17(14)23-3/h4-10H,11H2,1-3H3,(H,19,21). The smallest absolute Gasteiger partial charge is 0.228 e. The average molecular weight is 313 g/mol. The molecule has 1 N–H and O–H groups in total. The number of hydrogen-bond acceptors (Lipinski definition) is 4. The number of carbonyl (C=O) groups excluding carboxylic acids is 2. The van der Waals surface area contributed by atoms with Crippen LogP contribution in [0.2, 0.25) is 0 Å². The molecule has 5 nitrogen and oxygen atoms in total. The SMILES string of the molecule is COc1ccc(OC)c(CC(=O)Nc2cccc(C(C)=O)c2)c1. The summed E-state index contributed by atoms with van der Waals surface area (Å²) in [6.45, 7) is 1.49. The van der Waals surface area contributed by atoms with E-state index in [1.807, 2.05) is 0 Å². The number of hydrogen-bond donors (Lipinski definition) is 1. The zero-order valence-corrected chi connectivity index (χ0v) is 13.4. The lowest BCUT2D eigenvalue weighted by Gasteiger charge is -2.11. The molecule has 0 saturated heterocycles. The number of ketones is 1. The monoisotopic (exact) mass is 313 g/mol. The summed E-state index contributed by atoms with van der Waals surface area (Å²) in [7, 11) is 3.12. The number of anilines is 1. The van der Waals surface area contributed by atoms with Gasteiger partial charge in [-0.15, -0.1) is 0 Å². The molecule has 0 radical (unpaired) electrons. The third kappa shape index (κ3) is 4.32. The van der Waals surface area contributed by atoms with Crippen LogP contribution in [0.3, 0.4) is 0 Å². The normalized spacial score (nSPS) is 10.0. The first-order chi connectivity index (χ1) is 11.0. The predicted molar refractivity (Wildman–Crippen MR) is 88.3 cm³/mol. The van der Waals surface area contributed by atoms with E-state index in [9.17, 15) is 9.59 Å². The van der Waals surface area contributed by atoms with Crippen molar-refractivity contribution in [1.82, 2.24) is 0 Å². The summed E-state index contributed by atoms with van der Waals surface area (Å²) >= 11 is 0. The third-order valence-electron chi connectivity index (χ3n) is 3.39. The van der Waals surface area contributed by atoms with Crippen molar-refractivity contribution in [1.29, 1.82) is 0 Å². The molecule has 2 rings (SSSR count). The number of Topliss-reactive ketones (excluding diaryl/α,β-unsaturated/α-hetero) is 1. The molecule has 23 heavy (non-hydrogen) atoms. The Hall–Kier alpha value is -2.82. The minimum atomic E-state index is -0.197. The fraction of sp³-hybridized carbons (Fsp3) is 0.222. The first-order valence-electron chi connectivity index (χ1n) is 7.15. The molecule has 0 aliphatic carbocycles. The summed E-state index contributed by atoms with van der Waals surface area (Å²) < 4.78 is 10.4. The van der Waals surface area contributed by atoms with Gasteiger partial charge < -0.3 is 14.8 Å². The lowest BCUT2D eigenvalue weighted by atomic mass is 10.1. The second-order valence-corrected chi connectivity index (χ2v) is 5.04. The van der Waals surface area contributed by atoms with Crippen LogP contribution in [0.1, 0.15) is 22.8 Å². The second-order valence-electron chi connectivity index (χ2n) is 5.04. The largest absolute Gasteiger partial charge is 0.497 e. The third-order valence-corrected chi connectivity index (χ3v) is 3.39. The molecule has 0 fully saturated rings. The molecule has 120 valence electrons. The van der Waals surface area contributed by atoms with Gasteiger partial charge in [-0.05, 0) is 37.3 Å². The van der Waals surface area contributed by atoms with Gasteiger partial charge in [0.2, 0.25) is 5.91 Å². The fourth-order valence-corrected chi connectivity index (χ4v) is 2.21. The van der Waals surface area contributed by atoms with Crippen molar-refractivity contribution in [2.24, 2.45) is 0 Å². The number of carbonyl (C=O) groups is 2. The van der Waals surface area contributed by atoms with E-state index in [1.165, 1.54) is 6.92 Å². The van der Waals surface area contributed by atoms with Gasteiger partial charge in [0.05, 0.1) is 20.6 Å². The van der Waals surface area contributed by atoms with Crippen LogP contribution < -0.4 is 14.8 Å². The van der Waals surface area contributed by atoms with Gasteiger partial charge in [0.25, 0.3) is 0 Å². The van der Waals surface area contributed by atoms with Crippen LogP contribution in [0, 0.1) is 0 Å². The molecule has 0 aliphatic rings. The number of amides is 1. The van der Waals surface area contributed by atoms with Crippen LogP contribution in [0.4, 0.5) is 5.69 Å². The van der Waals surface area contributed by atoms with Gasteiger partial charge >= 0.3 is 0 Å². The molecule has 0 atom stereocenters.